The Kier molecular flexibility index (Phi) is 2.11. The first kappa shape index (κ1) is 9.98. The monoisotopic (exact) mass is 283 g/mol. The van der Waals surface area contributed by atoms with Gasteiger partial charge in [-0.15, -0.1) is 0 Å². The molecular formula is C9H10BrN5O. The number of hydrogen-bond donors (Lipinski definition) is 1. The highest BCUT2D eigenvalue weighted by Gasteiger charge is 2.36. The zero-order chi connectivity index (χ0) is 11.3. The van der Waals surface area contributed by atoms with Gasteiger partial charge in [-0.25, -0.2) is 14.5 Å². The third-order valence-electron chi connectivity index (χ3n) is 2.92. The van der Waals surface area contributed by atoms with E-state index in [1.165, 1.54) is 6.33 Å². The Morgan fingerprint density at radius 1 is 1.56 bits per heavy atom. The van der Waals surface area contributed by atoms with E-state index >= 15 is 0 Å². The van der Waals surface area contributed by atoms with Gasteiger partial charge in [0.15, 0.2) is 11.5 Å². The predicted octanol–water partition coefficient (Wildman–Crippen LogP) is 0.456. The number of aromatic nitrogens is 4. The maximum atomic E-state index is 9.52. The molecule has 0 saturated carbocycles. The molecule has 0 aromatic carbocycles. The summed E-state index contributed by atoms with van der Waals surface area (Å²) in [5.41, 5.74) is 0.710. The normalized spacial score (nSPS) is 24.8. The lowest BCUT2D eigenvalue weighted by Gasteiger charge is -2.44. The summed E-state index contributed by atoms with van der Waals surface area (Å²) < 4.78 is 2.37. The van der Waals surface area contributed by atoms with E-state index in [0.717, 1.165) is 5.82 Å². The minimum Gasteiger partial charge on any atom is -0.389 e. The number of rotatable bonds is 1. The van der Waals surface area contributed by atoms with Gasteiger partial charge in [-0.1, -0.05) is 0 Å². The molecule has 6 nitrogen and oxygen atoms in total. The van der Waals surface area contributed by atoms with Crippen LogP contribution < -0.4 is 4.90 Å². The first-order valence-electron chi connectivity index (χ1n) is 4.97. The Morgan fingerprint density at radius 2 is 2.38 bits per heavy atom. The van der Waals surface area contributed by atoms with Crippen LogP contribution in [0.4, 0.5) is 5.82 Å². The van der Waals surface area contributed by atoms with E-state index in [1.807, 2.05) is 11.8 Å². The van der Waals surface area contributed by atoms with Crippen LogP contribution in [0.25, 0.3) is 5.65 Å². The number of anilines is 1. The molecule has 2 atom stereocenters. The van der Waals surface area contributed by atoms with Crippen LogP contribution in [-0.4, -0.2) is 43.4 Å². The van der Waals surface area contributed by atoms with Gasteiger partial charge in [0.25, 0.3) is 0 Å². The van der Waals surface area contributed by atoms with E-state index in [4.69, 9.17) is 0 Å². The lowest BCUT2D eigenvalue weighted by atomic mass is 10.0. The Morgan fingerprint density at radius 3 is 3.06 bits per heavy atom. The molecule has 3 heterocycles. The van der Waals surface area contributed by atoms with Crippen molar-refractivity contribution in [2.75, 3.05) is 11.4 Å². The fourth-order valence-electron chi connectivity index (χ4n) is 1.85. The van der Waals surface area contributed by atoms with Gasteiger partial charge in [-0.2, -0.15) is 5.10 Å². The zero-order valence-electron chi connectivity index (χ0n) is 8.58. The summed E-state index contributed by atoms with van der Waals surface area (Å²) in [4.78, 5) is 10.6. The lowest BCUT2D eigenvalue weighted by molar-refractivity contribution is 0.0988. The maximum absolute atomic E-state index is 9.52. The van der Waals surface area contributed by atoms with Gasteiger partial charge >= 0.3 is 0 Å². The summed E-state index contributed by atoms with van der Waals surface area (Å²) in [6.45, 7) is 2.55. The summed E-state index contributed by atoms with van der Waals surface area (Å²) in [5.74, 6) is 0.754. The first-order valence-corrected chi connectivity index (χ1v) is 5.76. The summed E-state index contributed by atoms with van der Waals surface area (Å²) >= 11 is 3.34. The fourth-order valence-corrected chi connectivity index (χ4v) is 2.21. The summed E-state index contributed by atoms with van der Waals surface area (Å²) in [6, 6.07) is 0.0716. The average molecular weight is 284 g/mol. The van der Waals surface area contributed by atoms with Gasteiger partial charge in [0, 0.05) is 6.54 Å². The van der Waals surface area contributed by atoms with Crippen LogP contribution in [0.5, 0.6) is 0 Å². The third kappa shape index (κ3) is 1.31. The van der Waals surface area contributed by atoms with Crippen LogP contribution in [0.3, 0.4) is 0 Å². The molecule has 1 aliphatic heterocycles. The van der Waals surface area contributed by atoms with Crippen molar-refractivity contribution in [1.82, 2.24) is 19.6 Å². The molecule has 0 spiro atoms. The summed E-state index contributed by atoms with van der Waals surface area (Å²) in [5, 5.41) is 13.6. The number of β-amino-alcohol motifs (C(OH)–C–C–N with tert-alkyl or cyclic N) is 1. The van der Waals surface area contributed by atoms with Crippen LogP contribution in [-0.2, 0) is 0 Å². The van der Waals surface area contributed by atoms with E-state index in [-0.39, 0.29) is 12.1 Å². The topological polar surface area (TPSA) is 66.5 Å². The van der Waals surface area contributed by atoms with Crippen LogP contribution in [0.15, 0.2) is 17.1 Å². The molecule has 0 aliphatic carbocycles. The third-order valence-corrected chi connectivity index (χ3v) is 3.30. The van der Waals surface area contributed by atoms with Crippen LogP contribution in [0, 0.1) is 0 Å². The van der Waals surface area contributed by atoms with Gasteiger partial charge in [-0.05, 0) is 22.9 Å². The second-order valence-corrected chi connectivity index (χ2v) is 4.69. The van der Waals surface area contributed by atoms with Crippen molar-refractivity contribution in [3.63, 3.8) is 0 Å². The smallest absolute Gasteiger partial charge is 0.198 e. The van der Waals surface area contributed by atoms with Crippen molar-refractivity contribution >= 4 is 27.4 Å². The molecule has 3 rings (SSSR count). The van der Waals surface area contributed by atoms with Crippen LogP contribution >= 0.6 is 15.9 Å². The predicted molar refractivity (Wildman–Crippen MR) is 61.3 cm³/mol. The van der Waals surface area contributed by atoms with Crippen molar-refractivity contribution in [1.29, 1.82) is 0 Å². The van der Waals surface area contributed by atoms with E-state index in [1.54, 1.807) is 10.7 Å². The molecule has 7 heteroatoms. The Hall–Kier alpha value is -1.21. The minimum absolute atomic E-state index is 0.0716. The summed E-state index contributed by atoms with van der Waals surface area (Å²) in [6.07, 6.45) is 2.96. The molecule has 0 amide bonds. The molecule has 0 bridgehead atoms. The highest BCUT2D eigenvalue weighted by atomic mass is 79.9. The van der Waals surface area contributed by atoms with Gasteiger partial charge in [-0.3, -0.25) is 0 Å². The standard InChI is InChI=1S/C9H10BrN5O/c1-5-6(16)2-14(5)9-8-11-4-12-15(8)3-7(10)13-9/h3-6,16H,2H2,1H3/t5-,6+/m0/s1. The second-order valence-electron chi connectivity index (χ2n) is 3.88. The van der Waals surface area contributed by atoms with Crippen molar-refractivity contribution in [2.45, 2.75) is 19.1 Å². The van der Waals surface area contributed by atoms with Gasteiger partial charge < -0.3 is 10.0 Å². The molecular weight excluding hydrogens is 274 g/mol. The molecule has 2 aromatic rings. The number of halogens is 1. The second kappa shape index (κ2) is 3.39. The molecule has 0 unspecified atom stereocenters. The molecule has 1 saturated heterocycles. The quantitative estimate of drug-likeness (QED) is 0.824. The molecule has 84 valence electrons. The largest absolute Gasteiger partial charge is 0.389 e. The van der Waals surface area contributed by atoms with Crippen molar-refractivity contribution in [2.24, 2.45) is 0 Å². The molecule has 16 heavy (non-hydrogen) atoms. The first-order chi connectivity index (χ1) is 7.66. The summed E-state index contributed by atoms with van der Waals surface area (Å²) in [7, 11) is 0. The highest BCUT2D eigenvalue weighted by molar-refractivity contribution is 9.10. The number of aliphatic hydroxyl groups is 1. The molecule has 1 N–H and O–H groups in total. The molecule has 0 radical (unpaired) electrons. The van der Waals surface area contributed by atoms with E-state index in [0.29, 0.717) is 16.8 Å². The highest BCUT2D eigenvalue weighted by Crippen LogP contribution is 2.28. The van der Waals surface area contributed by atoms with E-state index < -0.39 is 0 Å². The van der Waals surface area contributed by atoms with Gasteiger partial charge in [0.05, 0.1) is 18.3 Å². The SMILES string of the molecule is C[C@H]1[C@H](O)CN1c1nc(Br)cn2ncnc12. The molecule has 2 aromatic heterocycles. The van der Waals surface area contributed by atoms with Gasteiger partial charge in [0.2, 0.25) is 0 Å². The molecule has 1 aliphatic rings. The van der Waals surface area contributed by atoms with Gasteiger partial charge in [0.1, 0.15) is 10.9 Å². The minimum atomic E-state index is -0.288. The van der Waals surface area contributed by atoms with E-state index in [9.17, 15) is 5.11 Å². The van der Waals surface area contributed by atoms with Crippen molar-refractivity contribution in [3.8, 4) is 0 Å². The fraction of sp³-hybridized carbons (Fsp3) is 0.444. The lowest BCUT2D eigenvalue weighted by Crippen LogP contribution is -2.59. The van der Waals surface area contributed by atoms with Crippen LogP contribution in [0.1, 0.15) is 6.92 Å². The maximum Gasteiger partial charge on any atom is 0.198 e. The number of aliphatic hydroxyl groups excluding tert-OH is 1. The van der Waals surface area contributed by atoms with E-state index in [2.05, 4.69) is 31.0 Å². The number of nitrogens with zero attached hydrogens (tertiary/aromatic N) is 5. The van der Waals surface area contributed by atoms with Crippen LogP contribution in [0.2, 0.25) is 0 Å². The zero-order valence-corrected chi connectivity index (χ0v) is 10.2. The Bertz CT molecular complexity index is 542. The van der Waals surface area contributed by atoms with Crippen molar-refractivity contribution < 1.29 is 5.11 Å². The number of hydrogen-bond acceptors (Lipinski definition) is 5. The average Bonchev–Trinajstić information content (AvgIpc) is 2.72. The Labute approximate surface area is 100 Å². The Balaban J connectivity index is 2.12. The molecule has 1 fully saturated rings. The number of fused-ring (bicyclic) bond motifs is 1. The van der Waals surface area contributed by atoms with Crippen molar-refractivity contribution in [3.05, 3.63) is 17.1 Å².